The highest BCUT2D eigenvalue weighted by atomic mass is 19.1. The van der Waals surface area contributed by atoms with Gasteiger partial charge in [-0.1, -0.05) is 30.3 Å². The average Bonchev–Trinajstić information content (AvgIpc) is 3.03. The van der Waals surface area contributed by atoms with Crippen LogP contribution in [-0.4, -0.2) is 40.7 Å². The molecular formula is C20H22FN3O2. The molecule has 136 valence electrons. The van der Waals surface area contributed by atoms with E-state index in [0.717, 1.165) is 11.3 Å². The highest BCUT2D eigenvalue weighted by Gasteiger charge is 2.39. The van der Waals surface area contributed by atoms with E-state index in [1.807, 2.05) is 32.0 Å². The van der Waals surface area contributed by atoms with Gasteiger partial charge >= 0.3 is 0 Å². The normalized spacial score (nSPS) is 20.2. The van der Waals surface area contributed by atoms with Crippen LogP contribution in [0.25, 0.3) is 0 Å². The molecule has 3 rings (SSSR count). The van der Waals surface area contributed by atoms with Gasteiger partial charge in [-0.25, -0.2) is 4.39 Å². The monoisotopic (exact) mass is 355 g/mol. The largest absolute Gasteiger partial charge is 0.381 e. The van der Waals surface area contributed by atoms with Crippen LogP contribution in [0.5, 0.6) is 0 Å². The molecule has 0 saturated carbocycles. The number of carbonyl (C=O) groups is 1. The maximum atomic E-state index is 13.1. The first-order chi connectivity index (χ1) is 12.5. The SMILES string of the molecule is CC1C(c2ccc(F)cc2)=NOC1C(=O)N(C)C(C)Cc1ccccn1. The number of halogens is 1. The van der Waals surface area contributed by atoms with E-state index < -0.39 is 6.10 Å². The van der Waals surface area contributed by atoms with Crippen LogP contribution < -0.4 is 0 Å². The molecule has 0 saturated heterocycles. The second-order valence-corrected chi connectivity index (χ2v) is 6.62. The van der Waals surface area contributed by atoms with Crippen molar-refractivity contribution < 1.29 is 14.0 Å². The minimum atomic E-state index is -0.675. The molecule has 2 aromatic rings. The Bertz CT molecular complexity index is 792. The number of benzene rings is 1. The lowest BCUT2D eigenvalue weighted by atomic mass is 9.93. The van der Waals surface area contributed by atoms with Crippen LogP contribution in [0.4, 0.5) is 4.39 Å². The first-order valence-corrected chi connectivity index (χ1v) is 8.63. The zero-order chi connectivity index (χ0) is 18.7. The molecule has 5 nitrogen and oxygen atoms in total. The van der Waals surface area contributed by atoms with Crippen molar-refractivity contribution in [3.05, 3.63) is 65.7 Å². The number of hydrogen-bond acceptors (Lipinski definition) is 4. The summed E-state index contributed by atoms with van der Waals surface area (Å²) in [5.41, 5.74) is 2.36. The number of nitrogens with zero attached hydrogens (tertiary/aromatic N) is 3. The third kappa shape index (κ3) is 3.74. The summed E-state index contributed by atoms with van der Waals surface area (Å²) in [6, 6.07) is 11.8. The van der Waals surface area contributed by atoms with Crippen LogP contribution in [-0.2, 0) is 16.1 Å². The Morgan fingerprint density at radius 1 is 1.27 bits per heavy atom. The summed E-state index contributed by atoms with van der Waals surface area (Å²) < 4.78 is 13.1. The van der Waals surface area contributed by atoms with Gasteiger partial charge < -0.3 is 9.74 Å². The Morgan fingerprint density at radius 3 is 2.65 bits per heavy atom. The van der Waals surface area contributed by atoms with Gasteiger partial charge in [-0.2, -0.15) is 0 Å². The van der Waals surface area contributed by atoms with Gasteiger partial charge in [0, 0.05) is 31.4 Å². The molecule has 1 aliphatic heterocycles. The molecule has 26 heavy (non-hydrogen) atoms. The lowest BCUT2D eigenvalue weighted by Crippen LogP contribution is -2.45. The van der Waals surface area contributed by atoms with Gasteiger partial charge in [-0.05, 0) is 36.8 Å². The van der Waals surface area contributed by atoms with Crippen LogP contribution in [0, 0.1) is 11.7 Å². The number of rotatable bonds is 5. The van der Waals surface area contributed by atoms with Crippen LogP contribution in [0.15, 0.2) is 53.8 Å². The number of oxime groups is 1. The highest BCUT2D eigenvalue weighted by Crippen LogP contribution is 2.25. The number of hydrogen-bond donors (Lipinski definition) is 0. The summed E-state index contributed by atoms with van der Waals surface area (Å²) in [5.74, 6) is -0.643. The van der Waals surface area contributed by atoms with Gasteiger partial charge in [0.2, 0.25) is 6.10 Å². The summed E-state index contributed by atoms with van der Waals surface area (Å²) in [4.78, 5) is 24.3. The molecule has 1 aliphatic rings. The molecule has 2 heterocycles. The Balaban J connectivity index is 1.65. The van der Waals surface area contributed by atoms with E-state index in [0.29, 0.717) is 12.1 Å². The van der Waals surface area contributed by atoms with Gasteiger partial charge in [0.05, 0.1) is 11.6 Å². The highest BCUT2D eigenvalue weighted by molar-refractivity contribution is 6.05. The van der Waals surface area contributed by atoms with Crippen molar-refractivity contribution in [1.29, 1.82) is 0 Å². The van der Waals surface area contributed by atoms with E-state index >= 15 is 0 Å². The number of pyridine rings is 1. The van der Waals surface area contributed by atoms with Crippen molar-refractivity contribution in [2.24, 2.45) is 11.1 Å². The number of aromatic nitrogens is 1. The maximum absolute atomic E-state index is 13.1. The topological polar surface area (TPSA) is 54.8 Å². The summed E-state index contributed by atoms with van der Waals surface area (Å²) in [6.07, 6.45) is 1.73. The summed E-state index contributed by atoms with van der Waals surface area (Å²) in [6.45, 7) is 3.88. The van der Waals surface area contributed by atoms with E-state index in [1.54, 1.807) is 30.3 Å². The average molecular weight is 355 g/mol. The number of amides is 1. The minimum absolute atomic E-state index is 0.0249. The number of carbonyl (C=O) groups excluding carboxylic acids is 1. The Labute approximate surface area is 152 Å². The fourth-order valence-corrected chi connectivity index (χ4v) is 3.00. The molecule has 3 unspecified atom stereocenters. The summed E-state index contributed by atoms with van der Waals surface area (Å²) in [5, 5.41) is 4.08. The molecule has 0 radical (unpaired) electrons. The molecule has 1 aromatic carbocycles. The van der Waals surface area contributed by atoms with Crippen LogP contribution in [0.3, 0.4) is 0 Å². The summed E-state index contributed by atoms with van der Waals surface area (Å²) in [7, 11) is 1.77. The lowest BCUT2D eigenvalue weighted by molar-refractivity contribution is -0.144. The molecule has 1 amide bonds. The van der Waals surface area contributed by atoms with Gasteiger partial charge in [-0.15, -0.1) is 0 Å². The zero-order valence-corrected chi connectivity index (χ0v) is 15.1. The summed E-state index contributed by atoms with van der Waals surface area (Å²) >= 11 is 0. The smallest absolute Gasteiger partial charge is 0.267 e. The number of likely N-dealkylation sites (N-methyl/N-ethyl adjacent to an activating group) is 1. The molecule has 0 spiro atoms. The van der Waals surface area contributed by atoms with E-state index in [1.165, 1.54) is 12.1 Å². The molecule has 6 heteroatoms. The molecular weight excluding hydrogens is 333 g/mol. The Morgan fingerprint density at radius 2 is 2.00 bits per heavy atom. The second kappa shape index (κ2) is 7.64. The predicted octanol–water partition coefficient (Wildman–Crippen LogP) is 3.05. The van der Waals surface area contributed by atoms with Crippen molar-refractivity contribution >= 4 is 11.6 Å². The zero-order valence-electron chi connectivity index (χ0n) is 15.1. The minimum Gasteiger partial charge on any atom is -0.381 e. The van der Waals surface area contributed by atoms with Gasteiger partial charge in [0.15, 0.2) is 0 Å². The van der Waals surface area contributed by atoms with E-state index in [9.17, 15) is 9.18 Å². The standard InChI is InChI=1S/C20H22FN3O2/c1-13(12-17-6-4-5-11-22-17)24(3)20(25)19-14(2)18(23-26-19)15-7-9-16(21)10-8-15/h4-11,13-14,19H,12H2,1-3H3. The fraction of sp³-hybridized carbons (Fsp3) is 0.350. The van der Waals surface area contributed by atoms with Crippen molar-refractivity contribution in [1.82, 2.24) is 9.88 Å². The molecule has 1 aromatic heterocycles. The van der Waals surface area contributed by atoms with Crippen LogP contribution >= 0.6 is 0 Å². The molecule has 0 fully saturated rings. The van der Waals surface area contributed by atoms with E-state index in [-0.39, 0.29) is 23.7 Å². The molecule has 0 bridgehead atoms. The van der Waals surface area contributed by atoms with Gasteiger partial charge in [0.1, 0.15) is 5.82 Å². The van der Waals surface area contributed by atoms with Gasteiger partial charge in [-0.3, -0.25) is 9.78 Å². The van der Waals surface area contributed by atoms with Crippen molar-refractivity contribution in [2.45, 2.75) is 32.4 Å². The van der Waals surface area contributed by atoms with Crippen LogP contribution in [0.2, 0.25) is 0 Å². The van der Waals surface area contributed by atoms with Crippen LogP contribution in [0.1, 0.15) is 25.1 Å². The Hall–Kier alpha value is -2.76. The van der Waals surface area contributed by atoms with Gasteiger partial charge in [0.25, 0.3) is 5.91 Å². The second-order valence-electron chi connectivity index (χ2n) is 6.62. The van der Waals surface area contributed by atoms with Crippen molar-refractivity contribution in [3.8, 4) is 0 Å². The fourth-order valence-electron chi connectivity index (χ4n) is 3.00. The quantitative estimate of drug-likeness (QED) is 0.828. The third-order valence-electron chi connectivity index (χ3n) is 4.77. The van der Waals surface area contributed by atoms with Crippen molar-refractivity contribution in [3.63, 3.8) is 0 Å². The lowest BCUT2D eigenvalue weighted by Gasteiger charge is -2.27. The predicted molar refractivity (Wildman–Crippen MR) is 97.1 cm³/mol. The maximum Gasteiger partial charge on any atom is 0.267 e. The van der Waals surface area contributed by atoms with E-state index in [4.69, 9.17) is 4.84 Å². The molecule has 0 aliphatic carbocycles. The first kappa shape index (κ1) is 18.0. The van der Waals surface area contributed by atoms with E-state index in [2.05, 4.69) is 10.1 Å². The molecule has 0 N–H and O–H groups in total. The first-order valence-electron chi connectivity index (χ1n) is 8.63. The Kier molecular flexibility index (Phi) is 5.30. The van der Waals surface area contributed by atoms with Crippen molar-refractivity contribution in [2.75, 3.05) is 7.05 Å². The third-order valence-corrected chi connectivity index (χ3v) is 4.77. The molecule has 3 atom stereocenters.